The van der Waals surface area contributed by atoms with Gasteiger partial charge in [0.05, 0.1) is 10.6 Å². The summed E-state index contributed by atoms with van der Waals surface area (Å²) in [5, 5.41) is 0. The lowest BCUT2D eigenvalue weighted by atomic mass is 9.92. The Labute approximate surface area is 191 Å². The molecule has 0 spiro atoms. The van der Waals surface area contributed by atoms with Gasteiger partial charge >= 0.3 is 0 Å². The molecule has 32 heavy (non-hydrogen) atoms. The van der Waals surface area contributed by atoms with E-state index < -0.39 is 20.0 Å². The molecular formula is C22H33N3O5S2. The van der Waals surface area contributed by atoms with Crippen molar-refractivity contribution < 1.29 is 21.6 Å². The van der Waals surface area contributed by atoms with E-state index in [1.807, 2.05) is 12.1 Å². The summed E-state index contributed by atoms with van der Waals surface area (Å²) in [5.74, 6) is -0.123. The van der Waals surface area contributed by atoms with Crippen LogP contribution in [0, 0.1) is 5.92 Å². The SMILES string of the molecule is CCS(=O)(=O)N1CCN(C(=O)C2CCN(S(=O)(=O)c3ccc4c(c3)CCCC4)CC2)CC1. The molecule has 0 saturated carbocycles. The molecule has 3 aliphatic rings. The Bertz CT molecular complexity index is 1060. The fourth-order valence-corrected chi connectivity index (χ4v) is 7.60. The highest BCUT2D eigenvalue weighted by atomic mass is 32.2. The van der Waals surface area contributed by atoms with Gasteiger partial charge in [-0.25, -0.2) is 16.8 Å². The van der Waals surface area contributed by atoms with Crippen LogP contribution >= 0.6 is 0 Å². The van der Waals surface area contributed by atoms with Gasteiger partial charge < -0.3 is 4.90 Å². The molecule has 0 atom stereocenters. The number of amides is 1. The van der Waals surface area contributed by atoms with E-state index in [1.54, 1.807) is 17.9 Å². The predicted molar refractivity (Wildman–Crippen MR) is 122 cm³/mol. The fourth-order valence-electron chi connectivity index (χ4n) is 4.99. The molecule has 2 heterocycles. The van der Waals surface area contributed by atoms with Crippen LogP contribution in [-0.4, -0.2) is 81.3 Å². The summed E-state index contributed by atoms with van der Waals surface area (Å²) in [7, 11) is -6.79. The summed E-state index contributed by atoms with van der Waals surface area (Å²) >= 11 is 0. The summed E-state index contributed by atoms with van der Waals surface area (Å²) in [6.45, 7) is 3.73. The summed E-state index contributed by atoms with van der Waals surface area (Å²) in [6, 6.07) is 5.52. The average molecular weight is 484 g/mol. The highest BCUT2D eigenvalue weighted by Gasteiger charge is 2.36. The number of piperazine rings is 1. The predicted octanol–water partition coefficient (Wildman–Crippen LogP) is 1.46. The monoisotopic (exact) mass is 483 g/mol. The molecule has 8 nitrogen and oxygen atoms in total. The Balaban J connectivity index is 1.34. The Hall–Kier alpha value is -1.49. The van der Waals surface area contributed by atoms with Gasteiger partial charge in [-0.2, -0.15) is 8.61 Å². The van der Waals surface area contributed by atoms with Crippen molar-refractivity contribution in [2.45, 2.75) is 50.3 Å². The Morgan fingerprint density at radius 1 is 0.875 bits per heavy atom. The van der Waals surface area contributed by atoms with Crippen LogP contribution in [0.15, 0.2) is 23.1 Å². The third-order valence-electron chi connectivity index (χ3n) is 7.07. The number of benzene rings is 1. The number of piperidine rings is 1. The fraction of sp³-hybridized carbons (Fsp3) is 0.682. The van der Waals surface area contributed by atoms with Crippen LogP contribution in [0.25, 0.3) is 0 Å². The van der Waals surface area contributed by atoms with Crippen molar-refractivity contribution >= 4 is 26.0 Å². The van der Waals surface area contributed by atoms with Gasteiger partial charge in [0.1, 0.15) is 0 Å². The maximum Gasteiger partial charge on any atom is 0.243 e. The third kappa shape index (κ3) is 4.73. The number of carbonyl (C=O) groups excluding carboxylic acids is 1. The van der Waals surface area contributed by atoms with Crippen LogP contribution in [0.3, 0.4) is 0 Å². The van der Waals surface area contributed by atoms with Crippen molar-refractivity contribution in [1.29, 1.82) is 0 Å². The topological polar surface area (TPSA) is 95.1 Å². The van der Waals surface area contributed by atoms with Crippen molar-refractivity contribution in [3.8, 4) is 0 Å². The van der Waals surface area contributed by atoms with E-state index in [0.29, 0.717) is 57.0 Å². The van der Waals surface area contributed by atoms with Crippen LogP contribution < -0.4 is 0 Å². The van der Waals surface area contributed by atoms with Gasteiger partial charge in [0, 0.05) is 45.2 Å². The highest BCUT2D eigenvalue weighted by Crippen LogP contribution is 2.29. The molecule has 0 N–H and O–H groups in total. The highest BCUT2D eigenvalue weighted by molar-refractivity contribution is 7.89. The molecule has 1 aromatic carbocycles. The number of hydrogen-bond acceptors (Lipinski definition) is 5. The first-order chi connectivity index (χ1) is 15.2. The van der Waals surface area contributed by atoms with Crippen molar-refractivity contribution in [3.05, 3.63) is 29.3 Å². The first-order valence-corrected chi connectivity index (χ1v) is 14.7. The van der Waals surface area contributed by atoms with Gasteiger partial charge in [-0.3, -0.25) is 4.79 Å². The molecule has 2 fully saturated rings. The quantitative estimate of drug-likeness (QED) is 0.632. The first-order valence-electron chi connectivity index (χ1n) is 11.6. The summed E-state index contributed by atoms with van der Waals surface area (Å²) in [6.07, 6.45) is 5.20. The van der Waals surface area contributed by atoms with Gasteiger partial charge in [0.25, 0.3) is 0 Å². The minimum Gasteiger partial charge on any atom is -0.340 e. The third-order valence-corrected chi connectivity index (χ3v) is 10.8. The Morgan fingerprint density at radius 3 is 2.12 bits per heavy atom. The summed E-state index contributed by atoms with van der Waals surface area (Å²) in [5.41, 5.74) is 2.40. The number of hydrogen-bond donors (Lipinski definition) is 0. The van der Waals surface area contributed by atoms with E-state index in [9.17, 15) is 21.6 Å². The first kappa shape index (κ1) is 23.7. The molecule has 0 aromatic heterocycles. The minimum absolute atomic E-state index is 0.0179. The number of aryl methyl sites for hydroxylation is 2. The molecule has 4 rings (SSSR count). The molecule has 10 heteroatoms. The molecule has 2 aliphatic heterocycles. The van der Waals surface area contributed by atoms with Crippen LogP contribution in [0.4, 0.5) is 0 Å². The second kappa shape index (κ2) is 9.40. The lowest BCUT2D eigenvalue weighted by Crippen LogP contribution is -2.53. The van der Waals surface area contributed by atoms with Crippen molar-refractivity contribution in [3.63, 3.8) is 0 Å². The van der Waals surface area contributed by atoms with Gasteiger partial charge in [0.15, 0.2) is 0 Å². The van der Waals surface area contributed by atoms with Crippen molar-refractivity contribution in [2.75, 3.05) is 45.0 Å². The molecule has 0 radical (unpaired) electrons. The van der Waals surface area contributed by atoms with E-state index in [-0.39, 0.29) is 17.6 Å². The number of fused-ring (bicyclic) bond motifs is 1. The molecule has 1 aliphatic carbocycles. The lowest BCUT2D eigenvalue weighted by molar-refractivity contribution is -0.137. The number of carbonyl (C=O) groups is 1. The molecular weight excluding hydrogens is 450 g/mol. The van der Waals surface area contributed by atoms with E-state index in [1.165, 1.54) is 14.2 Å². The van der Waals surface area contributed by atoms with Crippen LogP contribution in [0.1, 0.15) is 43.7 Å². The zero-order valence-electron chi connectivity index (χ0n) is 18.7. The summed E-state index contributed by atoms with van der Waals surface area (Å²) in [4.78, 5) is 15.0. The zero-order chi connectivity index (χ0) is 22.9. The minimum atomic E-state index is -3.56. The normalized spacial score (nSPS) is 22.0. The smallest absolute Gasteiger partial charge is 0.243 e. The Morgan fingerprint density at radius 2 is 1.50 bits per heavy atom. The maximum absolute atomic E-state index is 13.2. The van der Waals surface area contributed by atoms with Gasteiger partial charge in [-0.05, 0) is 68.7 Å². The molecule has 2 saturated heterocycles. The molecule has 1 aromatic rings. The van der Waals surface area contributed by atoms with Gasteiger partial charge in [0.2, 0.25) is 26.0 Å². The van der Waals surface area contributed by atoms with E-state index in [0.717, 1.165) is 31.2 Å². The number of nitrogens with zero attached hydrogens (tertiary/aromatic N) is 3. The van der Waals surface area contributed by atoms with Crippen LogP contribution in [0.5, 0.6) is 0 Å². The van der Waals surface area contributed by atoms with Crippen molar-refractivity contribution in [1.82, 2.24) is 13.5 Å². The second-order valence-corrected chi connectivity index (χ2v) is 13.1. The van der Waals surface area contributed by atoms with E-state index in [4.69, 9.17) is 0 Å². The van der Waals surface area contributed by atoms with E-state index >= 15 is 0 Å². The van der Waals surface area contributed by atoms with Crippen LogP contribution in [0.2, 0.25) is 0 Å². The molecule has 0 unspecified atom stereocenters. The largest absolute Gasteiger partial charge is 0.340 e. The Kier molecular flexibility index (Phi) is 6.95. The molecule has 178 valence electrons. The number of sulfonamides is 2. The maximum atomic E-state index is 13.2. The van der Waals surface area contributed by atoms with E-state index in [2.05, 4.69) is 0 Å². The number of rotatable bonds is 5. The average Bonchev–Trinajstić information content (AvgIpc) is 2.83. The lowest BCUT2D eigenvalue weighted by Gasteiger charge is -2.37. The van der Waals surface area contributed by atoms with Gasteiger partial charge in [-0.15, -0.1) is 0 Å². The van der Waals surface area contributed by atoms with Gasteiger partial charge in [-0.1, -0.05) is 6.07 Å². The zero-order valence-corrected chi connectivity index (χ0v) is 20.3. The summed E-state index contributed by atoms with van der Waals surface area (Å²) < 4.78 is 53.3. The van der Waals surface area contributed by atoms with Crippen molar-refractivity contribution in [2.24, 2.45) is 5.92 Å². The second-order valence-electron chi connectivity index (χ2n) is 8.94. The standard InChI is InChI=1S/C22H33N3O5S2/c1-2-31(27,28)24-15-13-23(14-16-24)22(26)19-9-11-25(12-10-19)32(29,30)21-8-7-18-5-3-4-6-20(18)17-21/h7-8,17,19H,2-6,9-16H2,1H3. The molecule has 0 bridgehead atoms. The molecule has 1 amide bonds. The van der Waals surface area contributed by atoms with Crippen LogP contribution in [-0.2, 0) is 37.7 Å².